The SMILES string of the molecule is C=CC1=CC(C2CC=C(CN3CCCCC3)CC2)CCN1. The summed E-state index contributed by atoms with van der Waals surface area (Å²) < 4.78 is 0. The van der Waals surface area contributed by atoms with Crippen molar-refractivity contribution in [1.29, 1.82) is 0 Å². The van der Waals surface area contributed by atoms with Gasteiger partial charge in [-0.05, 0) is 69.5 Å². The molecule has 0 saturated carbocycles. The molecular formula is C19H30N2. The van der Waals surface area contributed by atoms with E-state index >= 15 is 0 Å². The molecule has 1 N–H and O–H groups in total. The summed E-state index contributed by atoms with van der Waals surface area (Å²) in [6.07, 6.45) is 16.5. The van der Waals surface area contributed by atoms with Gasteiger partial charge >= 0.3 is 0 Å². The summed E-state index contributed by atoms with van der Waals surface area (Å²) in [6.45, 7) is 8.89. The van der Waals surface area contributed by atoms with Crippen LogP contribution in [0, 0.1) is 11.8 Å². The Morgan fingerprint density at radius 3 is 2.81 bits per heavy atom. The molecule has 2 heteroatoms. The van der Waals surface area contributed by atoms with E-state index in [1.807, 2.05) is 6.08 Å². The Labute approximate surface area is 130 Å². The van der Waals surface area contributed by atoms with Crippen LogP contribution in [0.2, 0.25) is 0 Å². The van der Waals surface area contributed by atoms with Gasteiger partial charge in [-0.25, -0.2) is 0 Å². The fourth-order valence-corrected chi connectivity index (χ4v) is 4.11. The van der Waals surface area contributed by atoms with Crippen molar-refractivity contribution in [2.24, 2.45) is 11.8 Å². The zero-order chi connectivity index (χ0) is 14.5. The van der Waals surface area contributed by atoms with Crippen molar-refractivity contribution in [3.63, 3.8) is 0 Å². The van der Waals surface area contributed by atoms with Gasteiger partial charge in [0.1, 0.15) is 0 Å². The third kappa shape index (κ3) is 4.00. The molecule has 0 amide bonds. The maximum atomic E-state index is 3.89. The lowest BCUT2D eigenvalue weighted by Crippen LogP contribution is -2.32. The molecule has 0 aromatic carbocycles. The highest BCUT2D eigenvalue weighted by Gasteiger charge is 2.25. The quantitative estimate of drug-likeness (QED) is 0.789. The van der Waals surface area contributed by atoms with Crippen LogP contribution >= 0.6 is 0 Å². The molecule has 1 saturated heterocycles. The van der Waals surface area contributed by atoms with E-state index in [9.17, 15) is 0 Å². The topological polar surface area (TPSA) is 15.3 Å². The highest BCUT2D eigenvalue weighted by atomic mass is 15.1. The smallest absolute Gasteiger partial charge is 0.0296 e. The van der Waals surface area contributed by atoms with Gasteiger partial charge in [-0.2, -0.15) is 0 Å². The molecule has 1 aliphatic carbocycles. The van der Waals surface area contributed by atoms with Crippen molar-refractivity contribution in [3.05, 3.63) is 36.1 Å². The fraction of sp³-hybridized carbons (Fsp3) is 0.684. The maximum absolute atomic E-state index is 3.89. The molecule has 2 atom stereocenters. The van der Waals surface area contributed by atoms with Crippen molar-refractivity contribution in [2.75, 3.05) is 26.2 Å². The number of nitrogens with one attached hydrogen (secondary N) is 1. The molecule has 2 nitrogen and oxygen atoms in total. The van der Waals surface area contributed by atoms with Crippen LogP contribution in [-0.2, 0) is 0 Å². The minimum Gasteiger partial charge on any atom is -0.385 e. The van der Waals surface area contributed by atoms with Crippen LogP contribution < -0.4 is 5.32 Å². The largest absolute Gasteiger partial charge is 0.385 e. The summed E-state index contributed by atoms with van der Waals surface area (Å²) >= 11 is 0. The predicted molar refractivity (Wildman–Crippen MR) is 90.1 cm³/mol. The Bertz CT molecular complexity index is 415. The van der Waals surface area contributed by atoms with Gasteiger partial charge in [-0.1, -0.05) is 30.7 Å². The number of nitrogens with zero attached hydrogens (tertiary/aromatic N) is 1. The van der Waals surface area contributed by atoms with E-state index in [4.69, 9.17) is 0 Å². The van der Waals surface area contributed by atoms with Crippen LogP contribution in [0.25, 0.3) is 0 Å². The van der Waals surface area contributed by atoms with Crippen molar-refractivity contribution >= 4 is 0 Å². The molecule has 0 aromatic rings. The third-order valence-electron chi connectivity index (χ3n) is 5.45. The van der Waals surface area contributed by atoms with Gasteiger partial charge in [-0.3, -0.25) is 4.90 Å². The van der Waals surface area contributed by atoms with Gasteiger partial charge in [0.2, 0.25) is 0 Å². The number of likely N-dealkylation sites (tertiary alicyclic amines) is 1. The number of piperidine rings is 1. The lowest BCUT2D eigenvalue weighted by atomic mass is 9.77. The molecule has 21 heavy (non-hydrogen) atoms. The normalized spacial score (nSPS) is 31.0. The fourth-order valence-electron chi connectivity index (χ4n) is 4.11. The molecule has 116 valence electrons. The standard InChI is InChI=1S/C19H30N2/c1-2-19-14-18(10-11-20-19)17-8-6-16(7-9-17)15-21-12-4-3-5-13-21/h2,6,14,17-18,20H,1,3-5,7-13,15H2. The van der Waals surface area contributed by atoms with Gasteiger partial charge < -0.3 is 5.32 Å². The maximum Gasteiger partial charge on any atom is 0.0296 e. The molecule has 3 aliphatic rings. The Morgan fingerprint density at radius 1 is 1.24 bits per heavy atom. The summed E-state index contributed by atoms with van der Waals surface area (Å²) in [6, 6.07) is 0. The second-order valence-electron chi connectivity index (χ2n) is 6.94. The summed E-state index contributed by atoms with van der Waals surface area (Å²) in [5.74, 6) is 1.61. The second-order valence-corrected chi connectivity index (χ2v) is 6.94. The number of hydrogen-bond acceptors (Lipinski definition) is 2. The van der Waals surface area contributed by atoms with Gasteiger partial charge in [0.15, 0.2) is 0 Å². The predicted octanol–water partition coefficient (Wildman–Crippen LogP) is 3.88. The van der Waals surface area contributed by atoms with Crippen LogP contribution in [0.4, 0.5) is 0 Å². The Balaban J connectivity index is 1.52. The first-order valence-corrected chi connectivity index (χ1v) is 8.83. The molecular weight excluding hydrogens is 256 g/mol. The molecule has 0 radical (unpaired) electrons. The Morgan fingerprint density at radius 2 is 2.10 bits per heavy atom. The summed E-state index contributed by atoms with van der Waals surface area (Å²) in [7, 11) is 0. The van der Waals surface area contributed by atoms with E-state index in [0.29, 0.717) is 0 Å². The first kappa shape index (κ1) is 14.9. The number of hydrogen-bond donors (Lipinski definition) is 1. The highest BCUT2D eigenvalue weighted by Crippen LogP contribution is 2.34. The zero-order valence-electron chi connectivity index (χ0n) is 13.3. The van der Waals surface area contributed by atoms with Gasteiger partial charge in [0, 0.05) is 18.8 Å². The average molecular weight is 286 g/mol. The number of allylic oxidation sites excluding steroid dienone is 3. The molecule has 2 unspecified atom stereocenters. The first-order valence-electron chi connectivity index (χ1n) is 8.83. The van der Waals surface area contributed by atoms with Crippen LogP contribution in [-0.4, -0.2) is 31.1 Å². The average Bonchev–Trinajstić information content (AvgIpc) is 2.56. The lowest BCUT2D eigenvalue weighted by molar-refractivity contribution is 0.239. The minimum atomic E-state index is 0.757. The van der Waals surface area contributed by atoms with Crippen molar-refractivity contribution in [2.45, 2.75) is 44.9 Å². The molecule has 3 rings (SSSR count). The summed E-state index contributed by atoms with van der Waals surface area (Å²) in [5.41, 5.74) is 2.95. The van der Waals surface area contributed by atoms with Crippen molar-refractivity contribution in [1.82, 2.24) is 10.2 Å². The number of rotatable bonds is 4. The molecule has 0 spiro atoms. The van der Waals surface area contributed by atoms with Crippen LogP contribution in [0.1, 0.15) is 44.9 Å². The van der Waals surface area contributed by atoms with Crippen molar-refractivity contribution < 1.29 is 0 Å². The highest BCUT2D eigenvalue weighted by molar-refractivity contribution is 5.19. The Hall–Kier alpha value is -1.02. The van der Waals surface area contributed by atoms with Crippen LogP contribution in [0.5, 0.6) is 0 Å². The van der Waals surface area contributed by atoms with E-state index in [2.05, 4.69) is 28.9 Å². The van der Waals surface area contributed by atoms with Crippen LogP contribution in [0.15, 0.2) is 36.1 Å². The first-order chi connectivity index (χ1) is 10.3. The molecule has 2 aliphatic heterocycles. The van der Waals surface area contributed by atoms with Gasteiger partial charge in [0.05, 0.1) is 0 Å². The molecule has 1 fully saturated rings. The van der Waals surface area contributed by atoms with E-state index in [-0.39, 0.29) is 0 Å². The Kier molecular flexibility index (Phi) is 5.18. The summed E-state index contributed by atoms with van der Waals surface area (Å²) in [4.78, 5) is 2.66. The van der Waals surface area contributed by atoms with E-state index in [1.165, 1.54) is 70.3 Å². The van der Waals surface area contributed by atoms with E-state index in [1.54, 1.807) is 5.57 Å². The molecule has 2 heterocycles. The van der Waals surface area contributed by atoms with E-state index in [0.717, 1.165) is 18.4 Å². The second kappa shape index (κ2) is 7.31. The molecule has 0 aromatic heterocycles. The lowest BCUT2D eigenvalue weighted by Gasteiger charge is -2.33. The monoisotopic (exact) mass is 286 g/mol. The molecule has 0 bridgehead atoms. The summed E-state index contributed by atoms with van der Waals surface area (Å²) in [5, 5.41) is 3.42. The zero-order valence-corrected chi connectivity index (χ0v) is 13.3. The van der Waals surface area contributed by atoms with E-state index < -0.39 is 0 Å². The third-order valence-corrected chi connectivity index (χ3v) is 5.45. The van der Waals surface area contributed by atoms with Crippen LogP contribution in [0.3, 0.4) is 0 Å². The van der Waals surface area contributed by atoms with Crippen molar-refractivity contribution in [3.8, 4) is 0 Å². The van der Waals surface area contributed by atoms with Gasteiger partial charge in [0.25, 0.3) is 0 Å². The minimum absolute atomic E-state index is 0.757. The van der Waals surface area contributed by atoms with Gasteiger partial charge in [-0.15, -0.1) is 0 Å².